The Balaban J connectivity index is 1.96. The fourth-order valence-corrected chi connectivity index (χ4v) is 2.06. The Labute approximate surface area is 116 Å². The monoisotopic (exact) mass is 272 g/mol. The summed E-state index contributed by atoms with van der Waals surface area (Å²) in [6.07, 6.45) is 3.64. The van der Waals surface area contributed by atoms with E-state index in [2.05, 4.69) is 10.2 Å². The van der Waals surface area contributed by atoms with Gasteiger partial charge in [-0.15, -0.1) is 0 Å². The van der Waals surface area contributed by atoms with Crippen molar-refractivity contribution in [2.45, 2.75) is 51.7 Å². The topological polar surface area (TPSA) is 61.8 Å². The minimum absolute atomic E-state index is 0.0330. The van der Waals surface area contributed by atoms with Crippen molar-refractivity contribution in [2.75, 3.05) is 32.8 Å². The molecule has 1 heterocycles. The Morgan fingerprint density at radius 1 is 1.47 bits per heavy atom. The molecule has 1 amide bonds. The predicted molar refractivity (Wildman–Crippen MR) is 75.0 cm³/mol. The van der Waals surface area contributed by atoms with E-state index in [0.717, 1.165) is 45.3 Å². The lowest BCUT2D eigenvalue weighted by Crippen LogP contribution is -2.38. The van der Waals surface area contributed by atoms with Crippen LogP contribution in [0.15, 0.2) is 0 Å². The molecule has 2 N–H and O–H groups in total. The van der Waals surface area contributed by atoms with Crippen LogP contribution in [-0.2, 0) is 9.53 Å². The molecule has 0 aromatic rings. The zero-order valence-corrected chi connectivity index (χ0v) is 12.2. The van der Waals surface area contributed by atoms with E-state index in [1.807, 2.05) is 13.8 Å². The van der Waals surface area contributed by atoms with Crippen LogP contribution in [0.5, 0.6) is 0 Å². The smallest absolute Gasteiger partial charge is 0.246 e. The number of carbonyl (C=O) groups is 1. The first-order chi connectivity index (χ1) is 9.11. The first kappa shape index (κ1) is 16.4. The van der Waals surface area contributed by atoms with Crippen molar-refractivity contribution in [1.82, 2.24) is 10.2 Å². The quantitative estimate of drug-likeness (QED) is 0.641. The molecule has 1 rings (SSSR count). The lowest BCUT2D eigenvalue weighted by Gasteiger charge is -2.29. The number of nitrogens with one attached hydrogen (secondary N) is 1. The molecule has 0 radical (unpaired) electrons. The van der Waals surface area contributed by atoms with Crippen molar-refractivity contribution in [2.24, 2.45) is 0 Å². The number of amides is 1. The van der Waals surface area contributed by atoms with E-state index in [1.54, 1.807) is 0 Å². The van der Waals surface area contributed by atoms with Gasteiger partial charge in [0.25, 0.3) is 0 Å². The Bertz CT molecular complexity index is 253. The molecule has 0 spiro atoms. The van der Waals surface area contributed by atoms with Crippen LogP contribution in [0, 0.1) is 0 Å². The molecule has 0 aromatic carbocycles. The fraction of sp³-hybridized carbons (Fsp3) is 0.929. The second kappa shape index (κ2) is 9.28. The van der Waals surface area contributed by atoms with E-state index >= 15 is 0 Å². The van der Waals surface area contributed by atoms with Crippen LogP contribution in [0.2, 0.25) is 0 Å². The van der Waals surface area contributed by atoms with Crippen LogP contribution in [-0.4, -0.2) is 60.9 Å². The van der Waals surface area contributed by atoms with Gasteiger partial charge < -0.3 is 20.1 Å². The van der Waals surface area contributed by atoms with Gasteiger partial charge in [0.15, 0.2) is 0 Å². The largest absolute Gasteiger partial charge is 0.393 e. The number of hydrogen-bond donors (Lipinski definition) is 2. The van der Waals surface area contributed by atoms with Crippen LogP contribution >= 0.6 is 0 Å². The maximum absolute atomic E-state index is 11.5. The first-order valence-corrected chi connectivity index (χ1v) is 7.40. The van der Waals surface area contributed by atoms with E-state index in [4.69, 9.17) is 4.74 Å². The molecule has 19 heavy (non-hydrogen) atoms. The van der Waals surface area contributed by atoms with Crippen molar-refractivity contribution < 1.29 is 14.6 Å². The highest BCUT2D eigenvalue weighted by Crippen LogP contribution is 2.09. The Hall–Kier alpha value is -0.650. The van der Waals surface area contributed by atoms with Crippen molar-refractivity contribution in [3.05, 3.63) is 0 Å². The average molecular weight is 272 g/mol. The zero-order valence-electron chi connectivity index (χ0n) is 12.2. The summed E-state index contributed by atoms with van der Waals surface area (Å²) in [6, 6.07) is 0. The van der Waals surface area contributed by atoms with Gasteiger partial charge in [-0.3, -0.25) is 4.79 Å². The van der Waals surface area contributed by atoms with Gasteiger partial charge in [0.05, 0.1) is 12.2 Å². The number of aliphatic hydroxyl groups excluding tert-OH is 1. The second-order valence-corrected chi connectivity index (χ2v) is 5.31. The van der Waals surface area contributed by atoms with Crippen molar-refractivity contribution in [1.29, 1.82) is 0 Å². The highest BCUT2D eigenvalue weighted by molar-refractivity contribution is 5.77. The van der Waals surface area contributed by atoms with E-state index in [1.165, 1.54) is 0 Å². The van der Waals surface area contributed by atoms with Gasteiger partial charge in [-0.05, 0) is 39.2 Å². The number of rotatable bonds is 8. The van der Waals surface area contributed by atoms with Crippen LogP contribution in [0.25, 0.3) is 0 Å². The van der Waals surface area contributed by atoms with Crippen LogP contribution in [0.1, 0.15) is 39.5 Å². The molecule has 1 aliphatic rings. The van der Waals surface area contributed by atoms with Crippen LogP contribution in [0.3, 0.4) is 0 Å². The highest BCUT2D eigenvalue weighted by atomic mass is 16.5. The van der Waals surface area contributed by atoms with E-state index < -0.39 is 0 Å². The summed E-state index contributed by atoms with van der Waals surface area (Å²) in [6.45, 7) is 7.78. The highest BCUT2D eigenvalue weighted by Gasteiger charge is 2.16. The van der Waals surface area contributed by atoms with E-state index in [0.29, 0.717) is 6.54 Å². The molecule has 5 heteroatoms. The average Bonchev–Trinajstić information content (AvgIpc) is 2.42. The number of aliphatic hydroxyl groups is 1. The molecule has 0 saturated carbocycles. The lowest BCUT2D eigenvalue weighted by molar-refractivity contribution is -0.127. The van der Waals surface area contributed by atoms with Gasteiger partial charge in [0.1, 0.15) is 6.61 Å². The van der Waals surface area contributed by atoms with Gasteiger partial charge in [-0.2, -0.15) is 0 Å². The predicted octanol–water partition coefficient (Wildman–Crippen LogP) is 0.765. The Morgan fingerprint density at radius 3 is 2.79 bits per heavy atom. The Kier molecular flexibility index (Phi) is 8.02. The molecule has 1 aliphatic heterocycles. The van der Waals surface area contributed by atoms with Crippen molar-refractivity contribution >= 4 is 5.91 Å². The molecule has 5 nitrogen and oxygen atoms in total. The van der Waals surface area contributed by atoms with Gasteiger partial charge in [0, 0.05) is 19.6 Å². The number of carbonyl (C=O) groups excluding carboxylic acids is 1. The van der Waals surface area contributed by atoms with E-state index in [9.17, 15) is 9.90 Å². The molecular formula is C14H28N2O3. The molecule has 1 fully saturated rings. The third kappa shape index (κ3) is 7.50. The summed E-state index contributed by atoms with van der Waals surface area (Å²) in [5.41, 5.74) is 0. The van der Waals surface area contributed by atoms with E-state index in [-0.39, 0.29) is 24.7 Å². The third-order valence-electron chi connectivity index (χ3n) is 3.60. The van der Waals surface area contributed by atoms with Gasteiger partial charge >= 0.3 is 0 Å². The summed E-state index contributed by atoms with van der Waals surface area (Å²) in [4.78, 5) is 13.8. The molecule has 0 bridgehead atoms. The van der Waals surface area contributed by atoms with Gasteiger partial charge in [-0.25, -0.2) is 0 Å². The molecule has 0 aliphatic carbocycles. The molecule has 1 unspecified atom stereocenters. The zero-order chi connectivity index (χ0) is 14.1. The number of nitrogens with zero attached hydrogens (tertiary/aromatic N) is 1. The van der Waals surface area contributed by atoms with Crippen LogP contribution in [0.4, 0.5) is 0 Å². The summed E-state index contributed by atoms with van der Waals surface area (Å²) >= 11 is 0. The molecule has 112 valence electrons. The summed E-state index contributed by atoms with van der Waals surface area (Å²) in [7, 11) is 0. The standard InChI is InChI=1S/C14H28N2O3/c1-3-12(2)19-11-14(18)15-7-4-8-16-9-5-13(17)6-10-16/h12-13,17H,3-11H2,1-2H3,(H,15,18). The number of likely N-dealkylation sites (tertiary alicyclic amines) is 1. The number of hydrogen-bond acceptors (Lipinski definition) is 4. The summed E-state index contributed by atoms with van der Waals surface area (Å²) in [5.74, 6) is -0.0330. The lowest BCUT2D eigenvalue weighted by atomic mass is 10.1. The van der Waals surface area contributed by atoms with Crippen LogP contribution < -0.4 is 5.32 Å². The minimum atomic E-state index is -0.117. The van der Waals surface area contributed by atoms with Crippen molar-refractivity contribution in [3.63, 3.8) is 0 Å². The summed E-state index contributed by atoms with van der Waals surface area (Å²) in [5, 5.41) is 12.3. The summed E-state index contributed by atoms with van der Waals surface area (Å²) < 4.78 is 5.36. The minimum Gasteiger partial charge on any atom is -0.393 e. The normalized spacial score (nSPS) is 19.3. The number of ether oxygens (including phenoxy) is 1. The molecule has 0 aromatic heterocycles. The SMILES string of the molecule is CCC(C)OCC(=O)NCCCN1CCC(O)CC1. The third-order valence-corrected chi connectivity index (χ3v) is 3.60. The van der Waals surface area contributed by atoms with Gasteiger partial charge in [0.2, 0.25) is 5.91 Å². The molecule has 1 atom stereocenters. The molecular weight excluding hydrogens is 244 g/mol. The van der Waals surface area contributed by atoms with Gasteiger partial charge in [-0.1, -0.05) is 6.92 Å². The van der Waals surface area contributed by atoms with Crippen molar-refractivity contribution in [3.8, 4) is 0 Å². The first-order valence-electron chi connectivity index (χ1n) is 7.40. The molecule has 1 saturated heterocycles. The maximum Gasteiger partial charge on any atom is 0.246 e. The Morgan fingerprint density at radius 2 is 2.16 bits per heavy atom. The maximum atomic E-state index is 11.5. The fourth-order valence-electron chi connectivity index (χ4n) is 2.06. The number of piperidine rings is 1. The second-order valence-electron chi connectivity index (χ2n) is 5.31.